The van der Waals surface area contributed by atoms with E-state index >= 15 is 0 Å². The minimum atomic E-state index is 1.05. The predicted molar refractivity (Wildman–Crippen MR) is 73.0 cm³/mol. The highest BCUT2D eigenvalue weighted by Crippen LogP contribution is 2.23. The molecule has 0 fully saturated rings. The van der Waals surface area contributed by atoms with Crippen LogP contribution in [-0.2, 0) is 6.54 Å². The van der Waals surface area contributed by atoms with Crippen LogP contribution in [0, 0.1) is 13.8 Å². The van der Waals surface area contributed by atoms with Crippen molar-refractivity contribution < 1.29 is 4.57 Å². The molecule has 2 nitrogen and oxygen atoms in total. The summed E-state index contributed by atoms with van der Waals surface area (Å²) in [5.74, 6) is 0. The third kappa shape index (κ3) is 2.55. The molecule has 0 N–H and O–H groups in total. The summed E-state index contributed by atoms with van der Waals surface area (Å²) < 4.78 is 4.34. The lowest BCUT2D eigenvalue weighted by atomic mass is 10.1. The first-order chi connectivity index (χ1) is 8.11. The minimum Gasteiger partial charge on any atom is -0.236 e. The van der Waals surface area contributed by atoms with Crippen molar-refractivity contribution in [2.45, 2.75) is 38.6 Å². The Morgan fingerprint density at radius 3 is 2.76 bits per heavy atom. The van der Waals surface area contributed by atoms with Gasteiger partial charge in [0.25, 0.3) is 0 Å². The number of rotatable bonds is 3. The molecule has 0 unspecified atom stereocenters. The number of hydrogen-bond donors (Lipinski definition) is 1. The first-order valence-electron chi connectivity index (χ1n) is 5.99. The van der Waals surface area contributed by atoms with Crippen molar-refractivity contribution in [2.24, 2.45) is 0 Å². The molecular formula is C14H19N2S+. The van der Waals surface area contributed by atoms with E-state index < -0.39 is 0 Å². The van der Waals surface area contributed by atoms with Crippen LogP contribution in [0.25, 0.3) is 5.69 Å². The van der Waals surface area contributed by atoms with Gasteiger partial charge in [-0.1, -0.05) is 13.0 Å². The van der Waals surface area contributed by atoms with Gasteiger partial charge in [0, 0.05) is 0 Å². The van der Waals surface area contributed by atoms with Gasteiger partial charge in [0.2, 0.25) is 6.33 Å². The maximum Gasteiger partial charge on any atom is 0.249 e. The highest BCUT2D eigenvalue weighted by Gasteiger charge is 2.11. The molecule has 1 heterocycles. The molecule has 3 heteroatoms. The van der Waals surface area contributed by atoms with E-state index in [1.54, 1.807) is 0 Å². The Labute approximate surface area is 108 Å². The molecule has 90 valence electrons. The Hall–Kier alpha value is -1.22. The summed E-state index contributed by atoms with van der Waals surface area (Å²) in [6.45, 7) is 7.46. The molecule has 0 saturated heterocycles. The van der Waals surface area contributed by atoms with Gasteiger partial charge in [0.15, 0.2) is 0 Å². The molecule has 17 heavy (non-hydrogen) atoms. The fourth-order valence-electron chi connectivity index (χ4n) is 2.06. The summed E-state index contributed by atoms with van der Waals surface area (Å²) in [5, 5.41) is 0. The lowest BCUT2D eigenvalue weighted by Gasteiger charge is -2.05. The summed E-state index contributed by atoms with van der Waals surface area (Å²) in [7, 11) is 0. The van der Waals surface area contributed by atoms with Crippen molar-refractivity contribution in [3.05, 3.63) is 42.0 Å². The lowest BCUT2D eigenvalue weighted by molar-refractivity contribution is -0.696. The maximum atomic E-state index is 4.60. The van der Waals surface area contributed by atoms with Crippen LogP contribution in [0.1, 0.15) is 24.5 Å². The van der Waals surface area contributed by atoms with Crippen molar-refractivity contribution in [2.75, 3.05) is 0 Å². The Kier molecular flexibility index (Phi) is 3.57. The maximum absolute atomic E-state index is 4.60. The number of hydrogen-bond acceptors (Lipinski definition) is 1. The van der Waals surface area contributed by atoms with Crippen LogP contribution in [0.15, 0.2) is 35.7 Å². The molecule has 0 saturated carbocycles. The summed E-state index contributed by atoms with van der Waals surface area (Å²) in [4.78, 5) is 1.05. The Morgan fingerprint density at radius 1 is 1.29 bits per heavy atom. The molecule has 0 aliphatic heterocycles. The van der Waals surface area contributed by atoms with Gasteiger partial charge in [0.05, 0.1) is 11.4 Å². The molecule has 0 aliphatic carbocycles. The topological polar surface area (TPSA) is 8.81 Å². The van der Waals surface area contributed by atoms with Gasteiger partial charge < -0.3 is 0 Å². The van der Waals surface area contributed by atoms with Crippen molar-refractivity contribution in [3.63, 3.8) is 0 Å². The van der Waals surface area contributed by atoms with Crippen molar-refractivity contribution >= 4 is 12.6 Å². The van der Waals surface area contributed by atoms with Gasteiger partial charge in [0.1, 0.15) is 18.1 Å². The molecule has 0 aliphatic rings. The normalized spacial score (nSPS) is 10.8. The SMILES string of the molecule is CCC[n+]1ccn(-c2cc(C)cc(C)c2S)c1. The van der Waals surface area contributed by atoms with E-state index in [4.69, 9.17) is 0 Å². The largest absolute Gasteiger partial charge is 0.249 e. The fourth-order valence-corrected chi connectivity index (χ4v) is 2.31. The number of thiol groups is 1. The van der Waals surface area contributed by atoms with E-state index in [0.717, 1.165) is 23.5 Å². The molecule has 1 aromatic heterocycles. The average molecular weight is 247 g/mol. The minimum absolute atomic E-state index is 1.05. The standard InChI is InChI=1S/C14H18N2S/c1-4-5-15-6-7-16(10-15)13-9-11(2)8-12(3)14(13)17/h6-10H,4-5H2,1-3H3/p+1. The van der Waals surface area contributed by atoms with Gasteiger partial charge >= 0.3 is 0 Å². The highest BCUT2D eigenvalue weighted by molar-refractivity contribution is 7.80. The molecule has 1 aromatic carbocycles. The van der Waals surface area contributed by atoms with Crippen LogP contribution in [0.3, 0.4) is 0 Å². The number of aromatic nitrogens is 2. The summed E-state index contributed by atoms with van der Waals surface area (Å²) in [5.41, 5.74) is 3.64. The quantitative estimate of drug-likeness (QED) is 0.630. The Bertz CT molecular complexity index is 529. The van der Waals surface area contributed by atoms with Gasteiger partial charge in [-0.15, -0.1) is 12.6 Å². The number of benzene rings is 1. The molecule has 0 amide bonds. The zero-order valence-corrected chi connectivity index (χ0v) is 11.5. The third-order valence-electron chi connectivity index (χ3n) is 2.88. The summed E-state index contributed by atoms with van der Waals surface area (Å²) in [6.07, 6.45) is 7.46. The van der Waals surface area contributed by atoms with Gasteiger partial charge in [-0.2, -0.15) is 0 Å². The molecule has 2 aromatic rings. The van der Waals surface area contributed by atoms with Crippen LogP contribution in [0.4, 0.5) is 0 Å². The van der Waals surface area contributed by atoms with Crippen molar-refractivity contribution in [3.8, 4) is 5.69 Å². The zero-order valence-electron chi connectivity index (χ0n) is 10.6. The molecule has 0 spiro atoms. The Balaban J connectivity index is 2.44. The van der Waals surface area contributed by atoms with E-state index in [0.29, 0.717) is 0 Å². The van der Waals surface area contributed by atoms with Crippen LogP contribution in [0.2, 0.25) is 0 Å². The number of nitrogens with zero attached hydrogens (tertiary/aromatic N) is 2. The van der Waals surface area contributed by atoms with Crippen LogP contribution in [-0.4, -0.2) is 4.57 Å². The van der Waals surface area contributed by atoms with E-state index in [-0.39, 0.29) is 0 Å². The van der Waals surface area contributed by atoms with Gasteiger partial charge in [-0.05, 0) is 37.5 Å². The molecular weight excluding hydrogens is 228 g/mol. The zero-order chi connectivity index (χ0) is 12.4. The van der Waals surface area contributed by atoms with Crippen LogP contribution < -0.4 is 4.57 Å². The molecule has 0 bridgehead atoms. The summed E-state index contributed by atoms with van der Waals surface area (Å²) >= 11 is 4.60. The fraction of sp³-hybridized carbons (Fsp3) is 0.357. The second-order valence-electron chi connectivity index (χ2n) is 4.51. The number of imidazole rings is 1. The van der Waals surface area contributed by atoms with Gasteiger partial charge in [-0.25, -0.2) is 9.13 Å². The first-order valence-corrected chi connectivity index (χ1v) is 6.44. The Morgan fingerprint density at radius 2 is 2.06 bits per heavy atom. The van der Waals surface area contributed by atoms with E-state index in [2.05, 4.69) is 73.4 Å². The molecule has 0 radical (unpaired) electrons. The lowest BCUT2D eigenvalue weighted by Crippen LogP contribution is -2.30. The molecule has 0 atom stereocenters. The van der Waals surface area contributed by atoms with Crippen molar-refractivity contribution in [1.82, 2.24) is 4.57 Å². The predicted octanol–water partition coefficient (Wildman–Crippen LogP) is 3.08. The second kappa shape index (κ2) is 4.96. The number of aryl methyl sites for hydroxylation is 3. The highest BCUT2D eigenvalue weighted by atomic mass is 32.1. The first kappa shape index (κ1) is 12.2. The van der Waals surface area contributed by atoms with Crippen LogP contribution >= 0.6 is 12.6 Å². The summed E-state index contributed by atoms with van der Waals surface area (Å²) in [6, 6.07) is 4.33. The monoisotopic (exact) mass is 247 g/mol. The van der Waals surface area contributed by atoms with Gasteiger partial charge in [-0.3, -0.25) is 0 Å². The smallest absolute Gasteiger partial charge is 0.236 e. The van der Waals surface area contributed by atoms with E-state index in [1.807, 2.05) is 0 Å². The van der Waals surface area contributed by atoms with Crippen LogP contribution in [0.5, 0.6) is 0 Å². The second-order valence-corrected chi connectivity index (χ2v) is 4.96. The van der Waals surface area contributed by atoms with E-state index in [9.17, 15) is 0 Å². The third-order valence-corrected chi connectivity index (χ3v) is 3.46. The molecule has 2 rings (SSSR count). The average Bonchev–Trinajstić information content (AvgIpc) is 2.72. The van der Waals surface area contributed by atoms with Crippen molar-refractivity contribution in [1.29, 1.82) is 0 Å². The van der Waals surface area contributed by atoms with E-state index in [1.165, 1.54) is 11.1 Å².